The molecule has 0 bridgehead atoms. The molecule has 0 N–H and O–H groups in total. The molecule has 0 aliphatic rings. The molecule has 330 valence electrons. The number of hydrogen-bond acceptors (Lipinski definition) is 4. The Morgan fingerprint density at radius 2 is 0.686 bits per heavy atom. The monoisotopic (exact) mass is 896 g/mol. The van der Waals surface area contributed by atoms with Gasteiger partial charge in [0.15, 0.2) is 11.2 Å². The van der Waals surface area contributed by atoms with Gasteiger partial charge in [0.25, 0.3) is 0 Å². The highest BCUT2D eigenvalue weighted by atomic mass is 16.3. The van der Waals surface area contributed by atoms with Crippen molar-refractivity contribution in [3.63, 3.8) is 0 Å². The van der Waals surface area contributed by atoms with E-state index in [0.29, 0.717) is 0 Å². The highest BCUT2D eigenvalue weighted by Gasteiger charge is 2.26. The van der Waals surface area contributed by atoms with Gasteiger partial charge < -0.3 is 18.6 Å². The first-order chi connectivity index (χ1) is 34.5. The molecular formula is C66H44N2O2. The SMILES string of the molecule is Cc1cc(-c2ccccc2)cc(N(c2ccc3ccc4c(N(c5cc(C)cc(-c6ccccc6)c5)c5cccc6c5oc5ccccc56)ccc5ccc2c3c54)c2cccc3c2oc2ccccc23)c1. The van der Waals surface area contributed by atoms with E-state index in [2.05, 4.69) is 242 Å². The zero-order valence-corrected chi connectivity index (χ0v) is 38.7. The number of para-hydroxylation sites is 4. The van der Waals surface area contributed by atoms with E-state index < -0.39 is 0 Å². The summed E-state index contributed by atoms with van der Waals surface area (Å²) in [5.41, 5.74) is 16.7. The van der Waals surface area contributed by atoms with Crippen molar-refractivity contribution in [2.45, 2.75) is 13.8 Å². The van der Waals surface area contributed by atoms with E-state index in [1.807, 2.05) is 12.1 Å². The maximum atomic E-state index is 6.84. The molecule has 0 atom stereocenters. The van der Waals surface area contributed by atoms with Gasteiger partial charge in [0, 0.05) is 43.7 Å². The molecule has 0 radical (unpaired) electrons. The topological polar surface area (TPSA) is 32.8 Å². The lowest BCUT2D eigenvalue weighted by Gasteiger charge is -2.30. The second-order valence-electron chi connectivity index (χ2n) is 18.6. The smallest absolute Gasteiger partial charge is 0.159 e. The average Bonchev–Trinajstić information content (AvgIpc) is 3.99. The molecule has 0 spiro atoms. The van der Waals surface area contributed by atoms with Crippen molar-refractivity contribution < 1.29 is 8.83 Å². The first-order valence-electron chi connectivity index (χ1n) is 24.0. The van der Waals surface area contributed by atoms with E-state index >= 15 is 0 Å². The van der Waals surface area contributed by atoms with Gasteiger partial charge >= 0.3 is 0 Å². The largest absolute Gasteiger partial charge is 0.454 e. The van der Waals surface area contributed by atoms with Crippen LogP contribution in [0.25, 0.3) is 98.4 Å². The van der Waals surface area contributed by atoms with Crippen LogP contribution in [0.1, 0.15) is 11.1 Å². The van der Waals surface area contributed by atoms with Crippen LogP contribution < -0.4 is 9.80 Å². The van der Waals surface area contributed by atoms with Gasteiger partial charge in [-0.25, -0.2) is 0 Å². The second-order valence-corrected chi connectivity index (χ2v) is 18.6. The first kappa shape index (κ1) is 40.0. The Morgan fingerprint density at radius 1 is 0.286 bits per heavy atom. The molecule has 0 fully saturated rings. The fourth-order valence-electron chi connectivity index (χ4n) is 11.2. The fraction of sp³-hybridized carbons (Fsp3) is 0.0303. The van der Waals surface area contributed by atoms with Crippen molar-refractivity contribution >= 4 is 110 Å². The zero-order valence-electron chi connectivity index (χ0n) is 38.7. The third kappa shape index (κ3) is 6.30. The molecule has 0 aliphatic carbocycles. The molecule has 2 aromatic heterocycles. The van der Waals surface area contributed by atoms with E-state index in [0.717, 1.165) is 99.9 Å². The Hall–Kier alpha value is -9.12. The summed E-state index contributed by atoms with van der Waals surface area (Å²) in [6.45, 7) is 4.38. The lowest BCUT2D eigenvalue weighted by molar-refractivity contribution is 0.669. The van der Waals surface area contributed by atoms with Crippen molar-refractivity contribution in [3.8, 4) is 22.3 Å². The molecule has 4 nitrogen and oxygen atoms in total. The molecule has 12 aromatic carbocycles. The van der Waals surface area contributed by atoms with E-state index in [4.69, 9.17) is 8.83 Å². The zero-order chi connectivity index (χ0) is 46.5. The summed E-state index contributed by atoms with van der Waals surface area (Å²) in [6, 6.07) is 83.3. The maximum Gasteiger partial charge on any atom is 0.159 e. The van der Waals surface area contributed by atoms with Crippen LogP contribution in [0.4, 0.5) is 34.1 Å². The standard InChI is InChI=1S/C66H44N2O2/c1-41-35-47(43-15-5-3-6-16-43)39-49(37-41)67(59-23-13-21-53-51-19-9-11-25-61(51)69-65(53)59)57-33-29-45-28-32-56-58(34-30-46-27-31-55(57)63(45)64(46)56)68(50-38-42(2)36-48(40-50)44-17-7-4-8-18-44)60-24-14-22-54-52-20-10-12-26-62(52)70-66(54)60/h3-40H,1-2H3. The van der Waals surface area contributed by atoms with Gasteiger partial charge in [0.05, 0.1) is 22.7 Å². The van der Waals surface area contributed by atoms with Gasteiger partial charge in [-0.2, -0.15) is 0 Å². The summed E-state index contributed by atoms with van der Waals surface area (Å²) in [4.78, 5) is 4.84. The van der Waals surface area contributed by atoms with Crippen LogP contribution in [-0.4, -0.2) is 0 Å². The van der Waals surface area contributed by atoms with Crippen LogP contribution in [0.5, 0.6) is 0 Å². The molecule has 4 heteroatoms. The number of fused-ring (bicyclic) bond motifs is 6. The second kappa shape index (κ2) is 15.7. The minimum atomic E-state index is 0.850. The van der Waals surface area contributed by atoms with Crippen LogP contribution in [-0.2, 0) is 0 Å². The van der Waals surface area contributed by atoms with E-state index in [-0.39, 0.29) is 0 Å². The molecule has 14 aromatic rings. The third-order valence-electron chi connectivity index (χ3n) is 14.2. The summed E-state index contributed by atoms with van der Waals surface area (Å²) in [5, 5.41) is 11.5. The number of rotatable bonds is 8. The van der Waals surface area contributed by atoms with Gasteiger partial charge in [-0.15, -0.1) is 0 Å². The van der Waals surface area contributed by atoms with Gasteiger partial charge in [-0.3, -0.25) is 0 Å². The van der Waals surface area contributed by atoms with Gasteiger partial charge in [0.2, 0.25) is 0 Å². The molecule has 0 saturated heterocycles. The van der Waals surface area contributed by atoms with Crippen LogP contribution in [0.3, 0.4) is 0 Å². The van der Waals surface area contributed by atoms with Crippen molar-refractivity contribution in [2.75, 3.05) is 9.80 Å². The van der Waals surface area contributed by atoms with Crippen molar-refractivity contribution in [1.29, 1.82) is 0 Å². The normalized spacial score (nSPS) is 11.9. The Labute approximate surface area is 404 Å². The molecule has 70 heavy (non-hydrogen) atoms. The van der Waals surface area contributed by atoms with Crippen molar-refractivity contribution in [1.82, 2.24) is 0 Å². The molecule has 0 amide bonds. The van der Waals surface area contributed by atoms with Crippen LogP contribution in [0.15, 0.2) is 239 Å². The van der Waals surface area contributed by atoms with E-state index in [1.54, 1.807) is 0 Å². The number of aryl methyl sites for hydroxylation is 2. The molecule has 0 unspecified atom stereocenters. The average molecular weight is 897 g/mol. The van der Waals surface area contributed by atoms with E-state index in [9.17, 15) is 0 Å². The van der Waals surface area contributed by atoms with Crippen LogP contribution in [0.2, 0.25) is 0 Å². The molecule has 0 aliphatic heterocycles. The number of benzene rings is 12. The minimum Gasteiger partial charge on any atom is -0.454 e. The summed E-state index contributed by atoms with van der Waals surface area (Å²) >= 11 is 0. The summed E-state index contributed by atoms with van der Waals surface area (Å²) in [6.07, 6.45) is 0. The van der Waals surface area contributed by atoms with Gasteiger partial charge in [-0.1, -0.05) is 170 Å². The number of nitrogens with zero attached hydrogens (tertiary/aromatic N) is 2. The molecular weight excluding hydrogens is 853 g/mol. The first-order valence-corrected chi connectivity index (χ1v) is 24.0. The third-order valence-corrected chi connectivity index (χ3v) is 14.2. The Balaban J connectivity index is 1.04. The Bertz CT molecular complexity index is 4060. The lowest BCUT2D eigenvalue weighted by Crippen LogP contribution is -2.12. The van der Waals surface area contributed by atoms with Gasteiger partial charge in [-0.05, 0) is 129 Å². The van der Waals surface area contributed by atoms with Crippen LogP contribution in [0, 0.1) is 13.8 Å². The molecule has 0 saturated carbocycles. The predicted molar refractivity (Wildman–Crippen MR) is 294 cm³/mol. The summed E-state index contributed by atoms with van der Waals surface area (Å²) in [5.74, 6) is 0. The fourth-order valence-corrected chi connectivity index (χ4v) is 11.2. The summed E-state index contributed by atoms with van der Waals surface area (Å²) < 4.78 is 13.7. The van der Waals surface area contributed by atoms with Crippen molar-refractivity contribution in [3.05, 3.63) is 242 Å². The Morgan fingerprint density at radius 3 is 1.14 bits per heavy atom. The number of anilines is 6. The lowest BCUT2D eigenvalue weighted by atomic mass is 9.91. The highest BCUT2D eigenvalue weighted by molar-refractivity contribution is 6.29. The molecule has 14 rings (SSSR count). The Kier molecular flexibility index (Phi) is 8.99. The quantitative estimate of drug-likeness (QED) is 0.142. The maximum absolute atomic E-state index is 6.84. The summed E-state index contributed by atoms with van der Waals surface area (Å²) in [7, 11) is 0. The predicted octanol–water partition coefficient (Wildman–Crippen LogP) is 19.3. The number of furan rings is 2. The highest BCUT2D eigenvalue weighted by Crippen LogP contribution is 2.51. The number of hydrogen-bond donors (Lipinski definition) is 0. The molecule has 2 heterocycles. The van der Waals surface area contributed by atoms with Crippen LogP contribution >= 0.6 is 0 Å². The minimum absolute atomic E-state index is 0.850. The van der Waals surface area contributed by atoms with E-state index in [1.165, 1.54) is 43.8 Å². The van der Waals surface area contributed by atoms with Gasteiger partial charge in [0.1, 0.15) is 11.2 Å². The van der Waals surface area contributed by atoms with Crippen molar-refractivity contribution in [2.24, 2.45) is 0 Å².